The molecule has 0 fully saturated rings. The number of hydrogen-bond donors (Lipinski definition) is 1. The zero-order chi connectivity index (χ0) is 13.4. The number of anilines is 1. The van der Waals surface area contributed by atoms with Crippen LogP contribution in [-0.2, 0) is 7.05 Å². The third-order valence-corrected chi connectivity index (χ3v) is 3.38. The van der Waals surface area contributed by atoms with Gasteiger partial charge < -0.3 is 5.73 Å². The summed E-state index contributed by atoms with van der Waals surface area (Å²) in [4.78, 5) is 0. The number of rotatable bonds is 2. The minimum absolute atomic E-state index is 0.618. The lowest BCUT2D eigenvalue weighted by atomic mass is 10.2. The molecule has 0 radical (unpaired) electrons. The van der Waals surface area contributed by atoms with Crippen molar-refractivity contribution in [2.24, 2.45) is 7.05 Å². The Morgan fingerprint density at radius 2 is 2.16 bits per heavy atom. The van der Waals surface area contributed by atoms with Crippen LogP contribution in [0.3, 0.4) is 0 Å². The summed E-state index contributed by atoms with van der Waals surface area (Å²) >= 11 is 3.36. The lowest BCUT2D eigenvalue weighted by Gasteiger charge is -2.04. The number of hydrogen-bond acceptors (Lipinski definition) is 5. The molecule has 0 aliphatic carbocycles. The third-order valence-electron chi connectivity index (χ3n) is 2.66. The van der Waals surface area contributed by atoms with Gasteiger partial charge in [-0.2, -0.15) is 9.78 Å². The normalized spacial score (nSPS) is 10.8. The van der Waals surface area contributed by atoms with Crippen LogP contribution in [0.1, 0.15) is 0 Å². The van der Waals surface area contributed by atoms with Gasteiger partial charge in [0.15, 0.2) is 5.82 Å². The fraction of sp³-hybridized carbons (Fsp3) is 0.0909. The van der Waals surface area contributed by atoms with Gasteiger partial charge in [0.2, 0.25) is 0 Å². The molecule has 0 aliphatic heterocycles. The molecule has 19 heavy (non-hydrogen) atoms. The summed E-state index contributed by atoms with van der Waals surface area (Å²) in [5.74, 6) is 0.618. The van der Waals surface area contributed by atoms with Crippen molar-refractivity contribution >= 4 is 21.6 Å². The molecule has 2 N–H and O–H groups in total. The van der Waals surface area contributed by atoms with Gasteiger partial charge in [-0.15, -0.1) is 5.10 Å². The van der Waals surface area contributed by atoms with E-state index >= 15 is 0 Å². The predicted molar refractivity (Wildman–Crippen MR) is 73.5 cm³/mol. The number of tetrazole rings is 1. The van der Waals surface area contributed by atoms with Crippen LogP contribution >= 0.6 is 15.9 Å². The largest absolute Gasteiger partial charge is 0.398 e. The highest BCUT2D eigenvalue weighted by Crippen LogP contribution is 2.26. The molecule has 0 unspecified atom stereocenters. The highest BCUT2D eigenvalue weighted by atomic mass is 79.9. The molecular weight excluding hydrogens is 310 g/mol. The number of aromatic nitrogens is 6. The number of nitrogens with zero attached hydrogens (tertiary/aromatic N) is 6. The summed E-state index contributed by atoms with van der Waals surface area (Å²) in [6.45, 7) is 0. The fourth-order valence-corrected chi connectivity index (χ4v) is 1.99. The highest BCUT2D eigenvalue weighted by Gasteiger charge is 2.12. The molecular formula is C11H10BrN7. The lowest BCUT2D eigenvalue weighted by Crippen LogP contribution is -1.99. The van der Waals surface area contributed by atoms with Gasteiger partial charge in [-0.3, -0.25) is 4.68 Å². The second kappa shape index (κ2) is 4.47. The second-order valence-electron chi connectivity index (χ2n) is 4.02. The summed E-state index contributed by atoms with van der Waals surface area (Å²) in [5.41, 5.74) is 8.15. The molecule has 0 amide bonds. The van der Waals surface area contributed by atoms with E-state index in [-0.39, 0.29) is 0 Å². The van der Waals surface area contributed by atoms with Crippen LogP contribution in [0, 0.1) is 0 Å². The van der Waals surface area contributed by atoms with Crippen LogP contribution in [0.4, 0.5) is 5.69 Å². The average molecular weight is 320 g/mol. The van der Waals surface area contributed by atoms with E-state index in [1.807, 2.05) is 31.4 Å². The molecule has 96 valence electrons. The Bertz CT molecular complexity index is 730. The second-order valence-corrected chi connectivity index (χ2v) is 4.88. The molecule has 0 aliphatic rings. The van der Waals surface area contributed by atoms with Gasteiger partial charge in [0, 0.05) is 22.8 Å². The zero-order valence-electron chi connectivity index (χ0n) is 10.0. The highest BCUT2D eigenvalue weighted by molar-refractivity contribution is 9.10. The van der Waals surface area contributed by atoms with Gasteiger partial charge in [0.1, 0.15) is 5.69 Å². The summed E-state index contributed by atoms with van der Waals surface area (Å²) in [5, 5.41) is 15.8. The first-order valence-electron chi connectivity index (χ1n) is 5.48. The summed E-state index contributed by atoms with van der Waals surface area (Å²) in [6, 6.07) is 5.59. The summed E-state index contributed by atoms with van der Waals surface area (Å²) in [6.07, 6.45) is 3.53. The molecule has 7 nitrogen and oxygen atoms in total. The van der Waals surface area contributed by atoms with E-state index in [1.165, 1.54) is 0 Å². The van der Waals surface area contributed by atoms with Crippen molar-refractivity contribution in [1.29, 1.82) is 0 Å². The van der Waals surface area contributed by atoms with Crippen LogP contribution < -0.4 is 5.73 Å². The van der Waals surface area contributed by atoms with Crippen molar-refractivity contribution in [2.45, 2.75) is 0 Å². The molecule has 8 heteroatoms. The predicted octanol–water partition coefficient (Wildman–Crippen LogP) is 1.41. The summed E-state index contributed by atoms with van der Waals surface area (Å²) < 4.78 is 4.16. The van der Waals surface area contributed by atoms with E-state index in [0.29, 0.717) is 11.5 Å². The first-order chi connectivity index (χ1) is 9.15. The molecule has 0 bridgehead atoms. The smallest absolute Gasteiger partial charge is 0.187 e. The number of benzene rings is 1. The van der Waals surface area contributed by atoms with Gasteiger partial charge in [0.25, 0.3) is 0 Å². The fourth-order valence-electron chi connectivity index (χ4n) is 1.74. The third kappa shape index (κ3) is 2.10. The van der Waals surface area contributed by atoms with Gasteiger partial charge in [-0.25, -0.2) is 0 Å². The van der Waals surface area contributed by atoms with Crippen LogP contribution in [0.5, 0.6) is 0 Å². The molecule has 3 rings (SSSR count). The van der Waals surface area contributed by atoms with E-state index in [2.05, 4.69) is 36.6 Å². The van der Waals surface area contributed by atoms with E-state index in [0.717, 1.165) is 15.7 Å². The van der Waals surface area contributed by atoms with Crippen molar-refractivity contribution in [3.63, 3.8) is 0 Å². The van der Waals surface area contributed by atoms with Crippen LogP contribution in [0.15, 0.2) is 35.1 Å². The maximum Gasteiger partial charge on any atom is 0.187 e. The van der Waals surface area contributed by atoms with Gasteiger partial charge >= 0.3 is 0 Å². The quantitative estimate of drug-likeness (QED) is 0.721. The van der Waals surface area contributed by atoms with Crippen LogP contribution in [0.2, 0.25) is 0 Å². The Labute approximate surface area is 117 Å². The van der Waals surface area contributed by atoms with Crippen molar-refractivity contribution in [2.75, 3.05) is 5.73 Å². The van der Waals surface area contributed by atoms with Crippen molar-refractivity contribution in [3.8, 4) is 17.1 Å². The first kappa shape index (κ1) is 11.8. The first-order valence-corrected chi connectivity index (χ1v) is 6.27. The van der Waals surface area contributed by atoms with E-state index in [4.69, 9.17) is 5.73 Å². The Kier molecular flexibility index (Phi) is 2.79. The van der Waals surface area contributed by atoms with Crippen molar-refractivity contribution in [1.82, 2.24) is 30.0 Å². The Morgan fingerprint density at radius 1 is 1.32 bits per heavy atom. The monoisotopic (exact) mass is 319 g/mol. The van der Waals surface area contributed by atoms with Crippen LogP contribution in [-0.4, -0.2) is 30.0 Å². The van der Waals surface area contributed by atoms with E-state index in [1.54, 1.807) is 15.6 Å². The van der Waals surface area contributed by atoms with Gasteiger partial charge in [0.05, 0.1) is 12.4 Å². The van der Waals surface area contributed by atoms with Gasteiger partial charge in [-0.1, -0.05) is 0 Å². The molecule has 0 saturated carbocycles. The summed E-state index contributed by atoms with van der Waals surface area (Å²) in [7, 11) is 1.84. The topological polar surface area (TPSA) is 87.4 Å². The van der Waals surface area contributed by atoms with Crippen molar-refractivity contribution in [3.05, 3.63) is 35.1 Å². The molecule has 2 heterocycles. The molecule has 3 aromatic rings. The standard InChI is InChI=1S/C11H10BrN7/c1-18-6-8(5-14-18)19-11(15-16-17-19)7-2-3-9(12)10(13)4-7/h2-6H,13H2,1H3. The maximum atomic E-state index is 5.88. The van der Waals surface area contributed by atoms with Crippen LogP contribution in [0.25, 0.3) is 17.1 Å². The molecule has 2 aromatic heterocycles. The number of nitrogens with two attached hydrogens (primary N) is 1. The minimum Gasteiger partial charge on any atom is -0.398 e. The molecule has 0 spiro atoms. The van der Waals surface area contributed by atoms with Gasteiger partial charge in [-0.05, 0) is 44.6 Å². The minimum atomic E-state index is 0.618. The van der Waals surface area contributed by atoms with E-state index in [9.17, 15) is 0 Å². The van der Waals surface area contributed by atoms with E-state index < -0.39 is 0 Å². The Hall–Kier alpha value is -2.22. The SMILES string of the molecule is Cn1cc(-n2nnnc2-c2ccc(Br)c(N)c2)cn1. The zero-order valence-corrected chi connectivity index (χ0v) is 11.6. The number of halogens is 1. The Morgan fingerprint density at radius 3 is 2.84 bits per heavy atom. The number of nitrogen functional groups attached to an aromatic ring is 1. The number of aryl methyl sites for hydroxylation is 1. The Balaban J connectivity index is 2.11. The maximum absolute atomic E-state index is 5.88. The lowest BCUT2D eigenvalue weighted by molar-refractivity contribution is 0.762. The average Bonchev–Trinajstić information content (AvgIpc) is 3.00. The van der Waals surface area contributed by atoms with Crippen molar-refractivity contribution < 1.29 is 0 Å². The molecule has 1 aromatic carbocycles. The molecule has 0 atom stereocenters. The molecule has 0 saturated heterocycles.